The molecule has 7 heteroatoms. The second-order valence-electron chi connectivity index (χ2n) is 4.63. The molecule has 20 heavy (non-hydrogen) atoms. The minimum Gasteiger partial charge on any atom is -0.478 e. The van der Waals surface area contributed by atoms with Crippen LogP contribution in [-0.4, -0.2) is 37.2 Å². The van der Waals surface area contributed by atoms with Crippen molar-refractivity contribution in [3.8, 4) is 0 Å². The molecule has 1 atom stereocenters. The Kier molecular flexibility index (Phi) is 5.27. The summed E-state index contributed by atoms with van der Waals surface area (Å²) in [4.78, 5) is 11.0. The maximum absolute atomic E-state index is 12.3. The summed E-state index contributed by atoms with van der Waals surface area (Å²) < 4.78 is 27.0. The van der Waals surface area contributed by atoms with Crippen molar-refractivity contribution in [1.82, 2.24) is 4.72 Å². The third-order valence-corrected chi connectivity index (χ3v) is 4.84. The van der Waals surface area contributed by atoms with Crippen LogP contribution < -0.4 is 4.72 Å². The van der Waals surface area contributed by atoms with E-state index in [4.69, 9.17) is 10.2 Å². The van der Waals surface area contributed by atoms with Crippen molar-refractivity contribution in [2.45, 2.75) is 38.1 Å². The molecule has 0 radical (unpaired) electrons. The molecule has 0 heterocycles. The van der Waals surface area contributed by atoms with E-state index in [9.17, 15) is 13.2 Å². The van der Waals surface area contributed by atoms with Crippen molar-refractivity contribution in [3.63, 3.8) is 0 Å². The van der Waals surface area contributed by atoms with Crippen molar-refractivity contribution in [1.29, 1.82) is 0 Å². The van der Waals surface area contributed by atoms with E-state index in [1.54, 1.807) is 20.8 Å². The van der Waals surface area contributed by atoms with Crippen LogP contribution >= 0.6 is 0 Å². The summed E-state index contributed by atoms with van der Waals surface area (Å²) in [6.45, 7) is 4.71. The molecule has 6 nitrogen and oxygen atoms in total. The minimum absolute atomic E-state index is 0.0678. The average Bonchev–Trinajstić information content (AvgIpc) is 2.38. The highest BCUT2D eigenvalue weighted by atomic mass is 32.2. The quantitative estimate of drug-likeness (QED) is 0.728. The van der Waals surface area contributed by atoms with Gasteiger partial charge in [0.15, 0.2) is 0 Å². The van der Waals surface area contributed by atoms with Crippen molar-refractivity contribution >= 4 is 16.0 Å². The Bertz CT molecular complexity index is 605. The second kappa shape index (κ2) is 6.34. The van der Waals surface area contributed by atoms with Gasteiger partial charge < -0.3 is 10.2 Å². The number of carboxylic acids is 1. The molecule has 1 unspecified atom stereocenters. The SMILES string of the molecule is CCC(CO)NS(=O)(=O)c1cc(C(=O)O)cc(C)c1C. The molecule has 0 fully saturated rings. The van der Waals surface area contributed by atoms with Crippen LogP contribution in [0.2, 0.25) is 0 Å². The highest BCUT2D eigenvalue weighted by molar-refractivity contribution is 7.89. The van der Waals surface area contributed by atoms with E-state index in [1.807, 2.05) is 0 Å². The molecule has 0 amide bonds. The molecule has 1 aromatic rings. The van der Waals surface area contributed by atoms with Gasteiger partial charge >= 0.3 is 5.97 Å². The Hall–Kier alpha value is -1.44. The standard InChI is InChI=1S/C13H19NO5S/c1-4-11(7-15)14-20(18,19)12-6-10(13(16)17)5-8(2)9(12)3/h5-6,11,14-15H,4,7H2,1-3H3,(H,16,17). The Morgan fingerprint density at radius 3 is 2.40 bits per heavy atom. The summed E-state index contributed by atoms with van der Waals surface area (Å²) in [7, 11) is -3.87. The fraction of sp³-hybridized carbons (Fsp3) is 0.462. The first kappa shape index (κ1) is 16.6. The third-order valence-electron chi connectivity index (χ3n) is 3.19. The van der Waals surface area contributed by atoms with Crippen molar-refractivity contribution < 1.29 is 23.4 Å². The van der Waals surface area contributed by atoms with E-state index in [-0.39, 0.29) is 17.1 Å². The topological polar surface area (TPSA) is 104 Å². The van der Waals surface area contributed by atoms with Crippen LogP contribution in [0.1, 0.15) is 34.8 Å². The molecule has 112 valence electrons. The molecule has 3 N–H and O–H groups in total. The summed E-state index contributed by atoms with van der Waals surface area (Å²) in [6, 6.07) is 1.98. The van der Waals surface area contributed by atoms with Crippen molar-refractivity contribution in [2.75, 3.05) is 6.61 Å². The zero-order valence-corrected chi connectivity index (χ0v) is 12.5. The van der Waals surface area contributed by atoms with Gasteiger partial charge in [0.1, 0.15) is 0 Å². The summed E-state index contributed by atoms with van der Waals surface area (Å²) in [5, 5.41) is 18.1. The van der Waals surface area contributed by atoms with Gasteiger partial charge in [-0.3, -0.25) is 0 Å². The van der Waals surface area contributed by atoms with Crippen LogP contribution in [0, 0.1) is 13.8 Å². The monoisotopic (exact) mass is 301 g/mol. The lowest BCUT2D eigenvalue weighted by Gasteiger charge is -2.17. The Balaban J connectivity index is 3.34. The normalized spacial score (nSPS) is 13.2. The van der Waals surface area contributed by atoms with Gasteiger partial charge in [-0.05, 0) is 43.5 Å². The molecule has 1 rings (SSSR count). The number of hydrogen-bond donors (Lipinski definition) is 3. The number of aromatic carboxylic acids is 1. The number of sulfonamides is 1. The molecule has 0 saturated carbocycles. The molecule has 0 aromatic heterocycles. The Morgan fingerprint density at radius 1 is 1.35 bits per heavy atom. The summed E-state index contributed by atoms with van der Waals surface area (Å²) in [6.07, 6.45) is 0.437. The van der Waals surface area contributed by atoms with E-state index >= 15 is 0 Å². The zero-order valence-electron chi connectivity index (χ0n) is 11.7. The van der Waals surface area contributed by atoms with Crippen molar-refractivity contribution in [3.05, 3.63) is 28.8 Å². The number of nitrogens with one attached hydrogen (secondary N) is 1. The number of hydrogen-bond acceptors (Lipinski definition) is 4. The Morgan fingerprint density at radius 2 is 1.95 bits per heavy atom. The lowest BCUT2D eigenvalue weighted by molar-refractivity contribution is 0.0696. The van der Waals surface area contributed by atoms with Gasteiger partial charge in [-0.15, -0.1) is 0 Å². The average molecular weight is 301 g/mol. The van der Waals surface area contributed by atoms with Crippen LogP contribution in [0.15, 0.2) is 17.0 Å². The van der Waals surface area contributed by atoms with Crippen LogP contribution in [-0.2, 0) is 10.0 Å². The zero-order chi connectivity index (χ0) is 15.5. The van der Waals surface area contributed by atoms with Gasteiger partial charge in [0.05, 0.1) is 17.1 Å². The summed E-state index contributed by atoms with van der Waals surface area (Å²) in [5.74, 6) is -1.18. The smallest absolute Gasteiger partial charge is 0.335 e. The molecular formula is C13H19NO5S. The minimum atomic E-state index is -3.87. The number of rotatable bonds is 6. The molecule has 0 bridgehead atoms. The number of carboxylic acid groups (broad SMARTS) is 1. The maximum atomic E-state index is 12.3. The van der Waals surface area contributed by atoms with E-state index in [1.165, 1.54) is 6.07 Å². The van der Waals surface area contributed by atoms with Crippen LogP contribution in [0.25, 0.3) is 0 Å². The van der Waals surface area contributed by atoms with Gasteiger partial charge in [-0.2, -0.15) is 0 Å². The summed E-state index contributed by atoms with van der Waals surface area (Å²) in [5.41, 5.74) is 1.00. The van der Waals surface area contributed by atoms with E-state index in [0.29, 0.717) is 17.5 Å². The molecular weight excluding hydrogens is 282 g/mol. The predicted molar refractivity (Wildman–Crippen MR) is 74.4 cm³/mol. The second-order valence-corrected chi connectivity index (χ2v) is 6.31. The number of carbonyl (C=O) groups is 1. The number of benzene rings is 1. The molecule has 0 saturated heterocycles. The number of aliphatic hydroxyl groups excluding tert-OH is 1. The van der Waals surface area contributed by atoms with Crippen LogP contribution in [0.5, 0.6) is 0 Å². The molecule has 0 aliphatic rings. The number of aryl methyl sites for hydroxylation is 1. The molecule has 0 aliphatic carbocycles. The van der Waals surface area contributed by atoms with Gasteiger partial charge in [0, 0.05) is 6.04 Å². The predicted octanol–water partition coefficient (Wildman–Crippen LogP) is 1.05. The van der Waals surface area contributed by atoms with Crippen molar-refractivity contribution in [2.24, 2.45) is 0 Å². The van der Waals surface area contributed by atoms with Gasteiger partial charge in [0.25, 0.3) is 0 Å². The lowest BCUT2D eigenvalue weighted by atomic mass is 10.1. The fourth-order valence-corrected chi connectivity index (χ4v) is 3.42. The lowest BCUT2D eigenvalue weighted by Crippen LogP contribution is -2.37. The first-order valence-corrected chi connectivity index (χ1v) is 7.69. The third kappa shape index (κ3) is 3.56. The summed E-state index contributed by atoms with van der Waals surface area (Å²) >= 11 is 0. The first-order chi connectivity index (χ1) is 9.22. The molecule has 0 aliphatic heterocycles. The van der Waals surface area contributed by atoms with Gasteiger partial charge in [-0.1, -0.05) is 6.92 Å². The fourth-order valence-electron chi connectivity index (χ4n) is 1.76. The highest BCUT2D eigenvalue weighted by Gasteiger charge is 2.23. The van der Waals surface area contributed by atoms with Crippen LogP contribution in [0.4, 0.5) is 0 Å². The largest absolute Gasteiger partial charge is 0.478 e. The van der Waals surface area contributed by atoms with E-state index < -0.39 is 22.0 Å². The van der Waals surface area contributed by atoms with E-state index in [2.05, 4.69) is 4.72 Å². The first-order valence-electron chi connectivity index (χ1n) is 6.20. The maximum Gasteiger partial charge on any atom is 0.335 e. The Labute approximate surface area is 118 Å². The highest BCUT2D eigenvalue weighted by Crippen LogP contribution is 2.21. The van der Waals surface area contributed by atoms with Crippen LogP contribution in [0.3, 0.4) is 0 Å². The molecule has 0 spiro atoms. The molecule has 1 aromatic carbocycles. The number of aliphatic hydroxyl groups is 1. The van der Waals surface area contributed by atoms with Gasteiger partial charge in [0.2, 0.25) is 10.0 Å². The van der Waals surface area contributed by atoms with Gasteiger partial charge in [-0.25, -0.2) is 17.9 Å². The van der Waals surface area contributed by atoms with E-state index in [0.717, 1.165) is 6.07 Å².